The van der Waals surface area contributed by atoms with Gasteiger partial charge in [-0.15, -0.1) is 0 Å². The number of piperidine rings is 1. The number of imidazole rings is 1. The smallest absolute Gasteiger partial charge is 0.226 e. The molecule has 1 saturated heterocycles. The SMILES string of the molecule is O=C(NCCCc1ccccc1)[C@H]1CCCN(c2nc(Cl)nc3nc[nH]c23)C1. The van der Waals surface area contributed by atoms with Crippen LogP contribution in [0.5, 0.6) is 0 Å². The summed E-state index contributed by atoms with van der Waals surface area (Å²) >= 11 is 6.05. The number of anilines is 1. The molecular weight excluding hydrogens is 376 g/mol. The van der Waals surface area contributed by atoms with Crippen molar-refractivity contribution in [3.05, 3.63) is 47.5 Å². The van der Waals surface area contributed by atoms with Crippen molar-refractivity contribution in [2.75, 3.05) is 24.5 Å². The third-order valence-corrected chi connectivity index (χ3v) is 5.28. The summed E-state index contributed by atoms with van der Waals surface area (Å²) in [4.78, 5) is 30.5. The summed E-state index contributed by atoms with van der Waals surface area (Å²) in [5.41, 5.74) is 2.60. The molecule has 0 radical (unpaired) electrons. The van der Waals surface area contributed by atoms with Gasteiger partial charge >= 0.3 is 0 Å². The standard InChI is InChI=1S/C20H23ClN6O/c21-20-25-17-16(23-13-24-17)18(26-20)27-11-5-9-15(12-27)19(28)22-10-4-8-14-6-2-1-3-7-14/h1-3,6-7,13,15H,4-5,8-12H2,(H,22,28)(H,23,24,25,26)/t15-/m0/s1. The van der Waals surface area contributed by atoms with Crippen molar-refractivity contribution in [3.8, 4) is 0 Å². The molecule has 7 nitrogen and oxygen atoms in total. The number of aryl methyl sites for hydroxylation is 1. The van der Waals surface area contributed by atoms with Crippen LogP contribution in [0.1, 0.15) is 24.8 Å². The van der Waals surface area contributed by atoms with Crippen molar-refractivity contribution in [2.45, 2.75) is 25.7 Å². The van der Waals surface area contributed by atoms with Crippen LogP contribution in [0.25, 0.3) is 11.2 Å². The second kappa shape index (κ2) is 8.56. The Kier molecular flexibility index (Phi) is 5.71. The van der Waals surface area contributed by atoms with Gasteiger partial charge in [-0.2, -0.15) is 9.97 Å². The molecule has 28 heavy (non-hydrogen) atoms. The number of benzene rings is 1. The van der Waals surface area contributed by atoms with Gasteiger partial charge in [0.2, 0.25) is 11.2 Å². The lowest BCUT2D eigenvalue weighted by Gasteiger charge is -2.33. The molecule has 0 unspecified atom stereocenters. The Morgan fingerprint density at radius 1 is 1.29 bits per heavy atom. The number of amides is 1. The van der Waals surface area contributed by atoms with Crippen LogP contribution >= 0.6 is 11.6 Å². The molecule has 0 aliphatic carbocycles. The predicted octanol–water partition coefficient (Wildman–Crippen LogP) is 2.97. The Labute approximate surface area is 168 Å². The highest BCUT2D eigenvalue weighted by Gasteiger charge is 2.28. The number of aromatic amines is 1. The van der Waals surface area contributed by atoms with E-state index in [1.165, 1.54) is 5.56 Å². The summed E-state index contributed by atoms with van der Waals surface area (Å²) in [5.74, 6) is 0.769. The van der Waals surface area contributed by atoms with Gasteiger partial charge in [0.25, 0.3) is 0 Å². The zero-order valence-corrected chi connectivity index (χ0v) is 16.3. The number of hydrogen-bond acceptors (Lipinski definition) is 5. The van der Waals surface area contributed by atoms with Crippen molar-refractivity contribution < 1.29 is 4.79 Å². The van der Waals surface area contributed by atoms with E-state index in [1.807, 2.05) is 18.2 Å². The molecule has 3 heterocycles. The number of halogens is 1. The Morgan fingerprint density at radius 3 is 3.00 bits per heavy atom. The van der Waals surface area contributed by atoms with E-state index in [1.54, 1.807) is 6.33 Å². The number of carbonyl (C=O) groups is 1. The van der Waals surface area contributed by atoms with Gasteiger partial charge in [-0.25, -0.2) is 4.98 Å². The average Bonchev–Trinajstić information content (AvgIpc) is 3.19. The molecule has 1 aromatic carbocycles. The van der Waals surface area contributed by atoms with Gasteiger partial charge in [0.05, 0.1) is 12.2 Å². The second-order valence-electron chi connectivity index (χ2n) is 7.08. The summed E-state index contributed by atoms with van der Waals surface area (Å²) in [6.45, 7) is 2.14. The molecule has 1 aliphatic heterocycles. The number of fused-ring (bicyclic) bond motifs is 1. The number of H-pyrrole nitrogens is 1. The second-order valence-corrected chi connectivity index (χ2v) is 7.42. The highest BCUT2D eigenvalue weighted by atomic mass is 35.5. The quantitative estimate of drug-likeness (QED) is 0.492. The van der Waals surface area contributed by atoms with Crippen molar-refractivity contribution in [1.29, 1.82) is 0 Å². The largest absolute Gasteiger partial charge is 0.356 e. The average molecular weight is 399 g/mol. The van der Waals surface area contributed by atoms with Crippen molar-refractivity contribution in [1.82, 2.24) is 25.3 Å². The fourth-order valence-corrected chi connectivity index (χ4v) is 3.86. The zero-order valence-electron chi connectivity index (χ0n) is 15.6. The van der Waals surface area contributed by atoms with E-state index in [0.29, 0.717) is 24.6 Å². The minimum atomic E-state index is -0.0582. The number of rotatable bonds is 6. The molecule has 1 amide bonds. The van der Waals surface area contributed by atoms with E-state index in [2.05, 4.69) is 42.3 Å². The summed E-state index contributed by atoms with van der Waals surface area (Å²) in [6.07, 6.45) is 5.29. The fourth-order valence-electron chi connectivity index (χ4n) is 3.70. The molecule has 2 N–H and O–H groups in total. The van der Waals surface area contributed by atoms with Gasteiger partial charge in [0.15, 0.2) is 11.5 Å². The first kappa shape index (κ1) is 18.7. The topological polar surface area (TPSA) is 86.8 Å². The summed E-state index contributed by atoms with van der Waals surface area (Å²) < 4.78 is 0. The first-order chi connectivity index (χ1) is 13.7. The van der Waals surface area contributed by atoms with Crippen LogP contribution in [0.15, 0.2) is 36.7 Å². The molecule has 146 valence electrons. The molecule has 4 rings (SSSR count). The first-order valence-electron chi connectivity index (χ1n) is 9.64. The van der Waals surface area contributed by atoms with Crippen LogP contribution in [-0.4, -0.2) is 45.5 Å². The number of aromatic nitrogens is 4. The first-order valence-corrected chi connectivity index (χ1v) is 10.0. The lowest BCUT2D eigenvalue weighted by Crippen LogP contribution is -2.43. The molecule has 1 aliphatic rings. The van der Waals surface area contributed by atoms with E-state index in [4.69, 9.17) is 11.6 Å². The van der Waals surface area contributed by atoms with Gasteiger partial charge in [-0.05, 0) is 42.8 Å². The van der Waals surface area contributed by atoms with Crippen LogP contribution < -0.4 is 10.2 Å². The van der Waals surface area contributed by atoms with E-state index < -0.39 is 0 Å². The van der Waals surface area contributed by atoms with Gasteiger partial charge < -0.3 is 15.2 Å². The van der Waals surface area contributed by atoms with Crippen LogP contribution in [-0.2, 0) is 11.2 Å². The van der Waals surface area contributed by atoms with Gasteiger partial charge in [-0.1, -0.05) is 30.3 Å². The summed E-state index contributed by atoms with van der Waals surface area (Å²) in [5, 5.41) is 3.26. The molecule has 1 fully saturated rings. The Morgan fingerprint density at radius 2 is 2.14 bits per heavy atom. The maximum atomic E-state index is 12.7. The number of carbonyl (C=O) groups excluding carboxylic acids is 1. The molecule has 3 aromatic rings. The molecule has 1 atom stereocenters. The summed E-state index contributed by atoms with van der Waals surface area (Å²) in [6, 6.07) is 10.3. The lowest BCUT2D eigenvalue weighted by molar-refractivity contribution is -0.125. The number of hydrogen-bond donors (Lipinski definition) is 2. The normalized spacial score (nSPS) is 17.0. The Bertz CT molecular complexity index is 944. The maximum Gasteiger partial charge on any atom is 0.226 e. The minimum absolute atomic E-state index is 0.0582. The van der Waals surface area contributed by atoms with Crippen LogP contribution in [0, 0.1) is 5.92 Å². The minimum Gasteiger partial charge on any atom is -0.356 e. The van der Waals surface area contributed by atoms with Gasteiger partial charge in [0, 0.05) is 19.6 Å². The molecule has 0 bridgehead atoms. The monoisotopic (exact) mass is 398 g/mol. The van der Waals surface area contributed by atoms with E-state index in [9.17, 15) is 4.79 Å². The molecular formula is C20H23ClN6O. The van der Waals surface area contributed by atoms with Crippen molar-refractivity contribution >= 4 is 34.5 Å². The van der Waals surface area contributed by atoms with E-state index in [0.717, 1.165) is 37.7 Å². The zero-order chi connectivity index (χ0) is 19.3. The van der Waals surface area contributed by atoms with Gasteiger partial charge in [0.1, 0.15) is 5.52 Å². The van der Waals surface area contributed by atoms with E-state index in [-0.39, 0.29) is 17.1 Å². The Hall–Kier alpha value is -2.67. The highest BCUT2D eigenvalue weighted by Crippen LogP contribution is 2.27. The van der Waals surface area contributed by atoms with Crippen molar-refractivity contribution in [2.24, 2.45) is 5.92 Å². The molecule has 0 saturated carbocycles. The third kappa shape index (κ3) is 4.25. The van der Waals surface area contributed by atoms with Crippen LogP contribution in [0.2, 0.25) is 5.28 Å². The highest BCUT2D eigenvalue weighted by molar-refractivity contribution is 6.28. The lowest BCUT2D eigenvalue weighted by atomic mass is 9.97. The predicted molar refractivity (Wildman–Crippen MR) is 109 cm³/mol. The van der Waals surface area contributed by atoms with E-state index >= 15 is 0 Å². The summed E-state index contributed by atoms with van der Waals surface area (Å²) in [7, 11) is 0. The third-order valence-electron chi connectivity index (χ3n) is 5.12. The number of nitrogens with one attached hydrogen (secondary N) is 2. The molecule has 2 aromatic heterocycles. The molecule has 8 heteroatoms. The van der Waals surface area contributed by atoms with Gasteiger partial charge in [-0.3, -0.25) is 4.79 Å². The molecule has 0 spiro atoms. The fraction of sp³-hybridized carbons (Fsp3) is 0.400. The number of nitrogens with zero attached hydrogens (tertiary/aromatic N) is 4. The van der Waals surface area contributed by atoms with Crippen molar-refractivity contribution in [3.63, 3.8) is 0 Å². The van der Waals surface area contributed by atoms with Crippen LogP contribution in [0.3, 0.4) is 0 Å². The maximum absolute atomic E-state index is 12.7. The van der Waals surface area contributed by atoms with Crippen LogP contribution in [0.4, 0.5) is 5.82 Å². The Balaban J connectivity index is 1.34.